The quantitative estimate of drug-likeness (QED) is 0.902. The Morgan fingerprint density at radius 1 is 1.15 bits per heavy atom. The van der Waals surface area contributed by atoms with E-state index in [1.165, 1.54) is 50.6 Å². The number of nitrogens with zero attached hydrogens (tertiary/aromatic N) is 1. The summed E-state index contributed by atoms with van der Waals surface area (Å²) >= 11 is 0. The molecule has 2 aliphatic carbocycles. The number of hydrogen-bond donors (Lipinski definition) is 1. The van der Waals surface area contributed by atoms with Crippen LogP contribution in [-0.2, 0) is 6.42 Å². The van der Waals surface area contributed by atoms with Gasteiger partial charge in [0.15, 0.2) is 0 Å². The molecule has 2 nitrogen and oxygen atoms in total. The Labute approximate surface area is 123 Å². The van der Waals surface area contributed by atoms with Gasteiger partial charge < -0.3 is 5.32 Å². The van der Waals surface area contributed by atoms with Crippen LogP contribution in [0.15, 0.2) is 24.3 Å². The highest BCUT2D eigenvalue weighted by molar-refractivity contribution is 5.34. The molecule has 0 spiro atoms. The van der Waals surface area contributed by atoms with Crippen LogP contribution in [0.2, 0.25) is 0 Å². The van der Waals surface area contributed by atoms with Gasteiger partial charge in [-0.1, -0.05) is 44.0 Å². The molecular formula is C18H28N2. The Kier molecular flexibility index (Phi) is 4.42. The third-order valence-corrected chi connectivity index (χ3v) is 5.38. The Morgan fingerprint density at radius 3 is 2.60 bits per heavy atom. The molecule has 0 saturated heterocycles. The average Bonchev–Trinajstić information content (AvgIpc) is 3.02. The number of rotatable bonds is 4. The van der Waals surface area contributed by atoms with Gasteiger partial charge in [-0.25, -0.2) is 0 Å². The van der Waals surface area contributed by atoms with Crippen molar-refractivity contribution in [3.05, 3.63) is 35.4 Å². The molecule has 110 valence electrons. The van der Waals surface area contributed by atoms with E-state index in [0.29, 0.717) is 12.1 Å². The zero-order valence-electron chi connectivity index (χ0n) is 12.9. The summed E-state index contributed by atoms with van der Waals surface area (Å²) < 4.78 is 0. The highest BCUT2D eigenvalue weighted by Gasteiger charge is 2.35. The van der Waals surface area contributed by atoms with Gasteiger partial charge in [-0.3, -0.25) is 4.90 Å². The molecule has 0 amide bonds. The molecule has 2 aliphatic rings. The molecule has 1 saturated carbocycles. The minimum absolute atomic E-state index is 0.500. The highest BCUT2D eigenvalue weighted by Crippen LogP contribution is 2.36. The maximum Gasteiger partial charge on any atom is 0.0478 e. The molecule has 20 heavy (non-hydrogen) atoms. The first-order chi connectivity index (χ1) is 9.85. The molecule has 0 aliphatic heterocycles. The summed E-state index contributed by atoms with van der Waals surface area (Å²) in [6, 6.07) is 11.0. The summed E-state index contributed by atoms with van der Waals surface area (Å²) in [7, 11) is 2.13. The van der Waals surface area contributed by atoms with Crippen LogP contribution in [0.4, 0.5) is 0 Å². The van der Waals surface area contributed by atoms with Crippen LogP contribution in [0, 0.1) is 0 Å². The van der Waals surface area contributed by atoms with E-state index in [1.54, 1.807) is 5.56 Å². The summed E-state index contributed by atoms with van der Waals surface area (Å²) in [6.45, 7) is 3.53. The number of benzene rings is 1. The zero-order valence-corrected chi connectivity index (χ0v) is 12.9. The van der Waals surface area contributed by atoms with Gasteiger partial charge in [0.1, 0.15) is 0 Å². The Hall–Kier alpha value is -0.860. The summed E-state index contributed by atoms with van der Waals surface area (Å²) in [5, 5.41) is 3.61. The first-order valence-electron chi connectivity index (χ1n) is 8.36. The standard InChI is InChI=1S/C18H28N2/c1-3-20(15-9-5-6-10-15)17-13-12-14-8-4-7-11-16(14)18(17)19-2/h4,7-8,11,15,17-19H,3,5-6,9-10,12-13H2,1-2H3. The molecule has 1 aromatic carbocycles. The summed E-state index contributed by atoms with van der Waals surface area (Å²) in [5.74, 6) is 0. The third-order valence-electron chi connectivity index (χ3n) is 5.38. The first kappa shape index (κ1) is 14.1. The number of fused-ring (bicyclic) bond motifs is 1. The van der Waals surface area contributed by atoms with Crippen molar-refractivity contribution in [3.63, 3.8) is 0 Å². The molecule has 2 heteroatoms. The number of nitrogens with one attached hydrogen (secondary N) is 1. The van der Waals surface area contributed by atoms with Crippen molar-refractivity contribution in [2.75, 3.05) is 13.6 Å². The minimum Gasteiger partial charge on any atom is -0.312 e. The van der Waals surface area contributed by atoms with Crippen molar-refractivity contribution >= 4 is 0 Å². The van der Waals surface area contributed by atoms with Crippen LogP contribution in [0.25, 0.3) is 0 Å². The topological polar surface area (TPSA) is 15.3 Å². The van der Waals surface area contributed by atoms with E-state index >= 15 is 0 Å². The molecule has 3 rings (SSSR count). The molecular weight excluding hydrogens is 244 g/mol. The molecule has 2 unspecified atom stereocenters. The monoisotopic (exact) mass is 272 g/mol. The minimum atomic E-state index is 0.500. The zero-order chi connectivity index (χ0) is 13.9. The van der Waals surface area contributed by atoms with Gasteiger partial charge >= 0.3 is 0 Å². The predicted molar refractivity (Wildman–Crippen MR) is 85.0 cm³/mol. The van der Waals surface area contributed by atoms with E-state index < -0.39 is 0 Å². The fraction of sp³-hybridized carbons (Fsp3) is 0.667. The largest absolute Gasteiger partial charge is 0.312 e. The van der Waals surface area contributed by atoms with Crippen molar-refractivity contribution in [1.29, 1.82) is 0 Å². The predicted octanol–water partition coefficient (Wildman–Crippen LogP) is 3.53. The van der Waals surface area contributed by atoms with Crippen LogP contribution < -0.4 is 5.32 Å². The maximum atomic E-state index is 3.61. The summed E-state index contributed by atoms with van der Waals surface area (Å²) in [6.07, 6.45) is 8.20. The van der Waals surface area contributed by atoms with E-state index in [9.17, 15) is 0 Å². The molecule has 1 aromatic rings. The summed E-state index contributed by atoms with van der Waals surface area (Å²) in [5.41, 5.74) is 3.08. The van der Waals surface area contributed by atoms with E-state index in [0.717, 1.165) is 6.04 Å². The van der Waals surface area contributed by atoms with Gasteiger partial charge in [0, 0.05) is 18.1 Å². The van der Waals surface area contributed by atoms with Crippen molar-refractivity contribution in [2.24, 2.45) is 0 Å². The van der Waals surface area contributed by atoms with E-state index in [2.05, 4.69) is 48.5 Å². The van der Waals surface area contributed by atoms with E-state index in [-0.39, 0.29) is 0 Å². The fourth-order valence-electron chi connectivity index (χ4n) is 4.45. The smallest absolute Gasteiger partial charge is 0.0478 e. The average molecular weight is 272 g/mol. The maximum absolute atomic E-state index is 3.61. The lowest BCUT2D eigenvalue weighted by Gasteiger charge is -2.43. The number of hydrogen-bond acceptors (Lipinski definition) is 2. The molecule has 1 N–H and O–H groups in total. The first-order valence-corrected chi connectivity index (χ1v) is 8.36. The van der Waals surface area contributed by atoms with Crippen molar-refractivity contribution in [2.45, 2.75) is 63.6 Å². The second-order valence-electron chi connectivity index (χ2n) is 6.34. The normalized spacial score (nSPS) is 26.9. The Bertz CT molecular complexity index is 437. The number of likely N-dealkylation sites (N-methyl/N-ethyl adjacent to an activating group) is 2. The van der Waals surface area contributed by atoms with Crippen LogP contribution in [0.5, 0.6) is 0 Å². The van der Waals surface area contributed by atoms with Gasteiger partial charge in [0.25, 0.3) is 0 Å². The Balaban J connectivity index is 1.85. The van der Waals surface area contributed by atoms with Crippen LogP contribution in [-0.4, -0.2) is 30.6 Å². The van der Waals surface area contributed by atoms with Gasteiger partial charge in [0.05, 0.1) is 0 Å². The van der Waals surface area contributed by atoms with Crippen LogP contribution in [0.3, 0.4) is 0 Å². The van der Waals surface area contributed by atoms with Gasteiger partial charge in [-0.15, -0.1) is 0 Å². The second-order valence-corrected chi connectivity index (χ2v) is 6.34. The highest BCUT2D eigenvalue weighted by atomic mass is 15.2. The molecule has 0 radical (unpaired) electrons. The van der Waals surface area contributed by atoms with Gasteiger partial charge in [-0.2, -0.15) is 0 Å². The fourth-order valence-corrected chi connectivity index (χ4v) is 4.45. The van der Waals surface area contributed by atoms with E-state index in [4.69, 9.17) is 0 Å². The second kappa shape index (κ2) is 6.28. The molecule has 0 heterocycles. The van der Waals surface area contributed by atoms with Crippen molar-refractivity contribution in [1.82, 2.24) is 10.2 Å². The van der Waals surface area contributed by atoms with Crippen molar-refractivity contribution < 1.29 is 0 Å². The van der Waals surface area contributed by atoms with Crippen molar-refractivity contribution in [3.8, 4) is 0 Å². The Morgan fingerprint density at radius 2 is 1.90 bits per heavy atom. The van der Waals surface area contributed by atoms with Gasteiger partial charge in [-0.05, 0) is 50.4 Å². The lowest BCUT2D eigenvalue weighted by Crippen LogP contribution is -2.50. The third kappa shape index (κ3) is 2.51. The summed E-state index contributed by atoms with van der Waals surface area (Å²) in [4.78, 5) is 2.80. The van der Waals surface area contributed by atoms with Gasteiger partial charge in [0.2, 0.25) is 0 Å². The van der Waals surface area contributed by atoms with E-state index in [1.807, 2.05) is 0 Å². The lowest BCUT2D eigenvalue weighted by molar-refractivity contribution is 0.102. The lowest BCUT2D eigenvalue weighted by atomic mass is 9.82. The van der Waals surface area contributed by atoms with Crippen LogP contribution >= 0.6 is 0 Å². The number of aryl methyl sites for hydroxylation is 1. The SMILES string of the molecule is CCN(C1CCCC1)C1CCc2ccccc2C1NC. The molecule has 2 atom stereocenters. The molecule has 1 fully saturated rings. The van der Waals surface area contributed by atoms with Crippen LogP contribution in [0.1, 0.15) is 56.2 Å². The molecule has 0 bridgehead atoms. The molecule has 0 aromatic heterocycles.